The Morgan fingerprint density at radius 2 is 1.62 bits per heavy atom. The first kappa shape index (κ1) is 15.9. The molecule has 114 valence electrons. The third kappa shape index (κ3) is 3.41. The van der Waals surface area contributed by atoms with Crippen LogP contribution in [0.1, 0.15) is 6.92 Å². The Balaban J connectivity index is 2.19. The standard InChI is InChI=1S/C12H9F4NO2S2/c1-2-18-10-6(13)8(15)11(9(16)7(10)14)19-5-21-12-17-3-4-20-12/h3-4H,2,5H2,1H3. The van der Waals surface area contributed by atoms with E-state index in [0.717, 1.165) is 11.8 Å². The SMILES string of the molecule is CCOc1c(F)c(F)c(OCSc2nccs2)c(F)c1F. The number of ether oxygens (including phenoxy) is 2. The molecule has 1 aromatic heterocycles. The molecule has 0 aliphatic rings. The number of benzene rings is 1. The Bertz CT molecular complexity index is 593. The summed E-state index contributed by atoms with van der Waals surface area (Å²) in [5.41, 5.74) is 0. The molecule has 0 radical (unpaired) electrons. The number of thioether (sulfide) groups is 1. The zero-order chi connectivity index (χ0) is 15.4. The molecule has 2 aromatic rings. The van der Waals surface area contributed by atoms with Crippen molar-refractivity contribution in [2.24, 2.45) is 0 Å². The molecule has 0 amide bonds. The number of hydrogen-bond donors (Lipinski definition) is 0. The molecule has 3 nitrogen and oxygen atoms in total. The van der Waals surface area contributed by atoms with Gasteiger partial charge in [-0.2, -0.15) is 17.6 Å². The van der Waals surface area contributed by atoms with Gasteiger partial charge in [-0.15, -0.1) is 11.3 Å². The Morgan fingerprint density at radius 3 is 2.10 bits per heavy atom. The second-order valence-electron chi connectivity index (χ2n) is 3.55. The van der Waals surface area contributed by atoms with Gasteiger partial charge in [-0.3, -0.25) is 0 Å². The van der Waals surface area contributed by atoms with Gasteiger partial charge in [0.15, 0.2) is 15.8 Å². The fourth-order valence-electron chi connectivity index (χ4n) is 1.41. The van der Waals surface area contributed by atoms with Crippen molar-refractivity contribution < 1.29 is 27.0 Å². The number of halogens is 4. The van der Waals surface area contributed by atoms with E-state index >= 15 is 0 Å². The van der Waals surface area contributed by atoms with Crippen LogP contribution in [-0.2, 0) is 0 Å². The van der Waals surface area contributed by atoms with E-state index in [9.17, 15) is 17.6 Å². The lowest BCUT2D eigenvalue weighted by atomic mass is 10.2. The predicted octanol–water partition coefficient (Wildman–Crippen LogP) is 4.23. The van der Waals surface area contributed by atoms with Gasteiger partial charge in [0.2, 0.25) is 23.3 Å². The number of rotatable bonds is 6. The van der Waals surface area contributed by atoms with Crippen LogP contribution in [0.3, 0.4) is 0 Å². The highest BCUT2D eigenvalue weighted by Crippen LogP contribution is 2.35. The maximum atomic E-state index is 13.7. The molecular weight excluding hydrogens is 330 g/mol. The van der Waals surface area contributed by atoms with E-state index in [2.05, 4.69) is 9.72 Å². The predicted molar refractivity (Wildman–Crippen MR) is 70.9 cm³/mol. The minimum atomic E-state index is -1.63. The Morgan fingerprint density at radius 1 is 1.05 bits per heavy atom. The summed E-state index contributed by atoms with van der Waals surface area (Å²) < 4.78 is 64.5. The lowest BCUT2D eigenvalue weighted by Gasteiger charge is -2.12. The number of hydrogen-bond acceptors (Lipinski definition) is 5. The molecule has 2 rings (SSSR count). The third-order valence-electron chi connectivity index (χ3n) is 2.27. The average molecular weight is 339 g/mol. The zero-order valence-electron chi connectivity index (χ0n) is 10.7. The van der Waals surface area contributed by atoms with Gasteiger partial charge in [0.1, 0.15) is 5.94 Å². The van der Waals surface area contributed by atoms with Crippen molar-refractivity contribution in [3.05, 3.63) is 34.8 Å². The molecule has 0 aliphatic heterocycles. The summed E-state index contributed by atoms with van der Waals surface area (Å²) in [4.78, 5) is 3.91. The second-order valence-corrected chi connectivity index (χ2v) is 5.62. The molecule has 1 heterocycles. The minimum Gasteiger partial charge on any atom is -0.488 e. The van der Waals surface area contributed by atoms with Crippen LogP contribution >= 0.6 is 23.1 Å². The highest BCUT2D eigenvalue weighted by Gasteiger charge is 2.27. The molecule has 0 atom stereocenters. The highest BCUT2D eigenvalue weighted by atomic mass is 32.2. The Hall–Kier alpha value is -1.48. The lowest BCUT2D eigenvalue weighted by Crippen LogP contribution is -2.07. The average Bonchev–Trinajstić information content (AvgIpc) is 2.98. The van der Waals surface area contributed by atoms with Crippen LogP contribution in [0.4, 0.5) is 17.6 Å². The van der Waals surface area contributed by atoms with E-state index in [4.69, 9.17) is 4.74 Å². The summed E-state index contributed by atoms with van der Waals surface area (Å²) >= 11 is 2.34. The van der Waals surface area contributed by atoms with Gasteiger partial charge in [-0.1, -0.05) is 11.8 Å². The molecule has 0 aliphatic carbocycles. The van der Waals surface area contributed by atoms with Crippen LogP contribution in [0.2, 0.25) is 0 Å². The maximum Gasteiger partial charge on any atom is 0.207 e. The Labute approximate surface area is 125 Å². The summed E-state index contributed by atoms with van der Waals surface area (Å²) in [6, 6.07) is 0. The van der Waals surface area contributed by atoms with Crippen molar-refractivity contribution in [3.8, 4) is 11.5 Å². The maximum absolute atomic E-state index is 13.7. The van der Waals surface area contributed by atoms with E-state index in [1.54, 1.807) is 11.6 Å². The summed E-state index contributed by atoms with van der Waals surface area (Å²) in [5, 5.41) is 1.71. The quantitative estimate of drug-likeness (QED) is 0.341. The third-order valence-corrected chi connectivity index (χ3v) is 4.06. The van der Waals surface area contributed by atoms with Crippen molar-refractivity contribution >= 4 is 23.1 Å². The van der Waals surface area contributed by atoms with Crippen LogP contribution in [0.5, 0.6) is 11.5 Å². The van der Waals surface area contributed by atoms with Crippen LogP contribution in [-0.4, -0.2) is 17.5 Å². The second kappa shape index (κ2) is 6.99. The summed E-state index contributed by atoms with van der Waals surface area (Å²) in [7, 11) is 0. The van der Waals surface area contributed by atoms with Gasteiger partial charge in [-0.25, -0.2) is 4.98 Å². The van der Waals surface area contributed by atoms with Crippen molar-refractivity contribution in [2.45, 2.75) is 11.3 Å². The first-order chi connectivity index (χ1) is 10.1. The fourth-order valence-corrected chi connectivity index (χ4v) is 2.77. The number of thiazole rings is 1. The monoisotopic (exact) mass is 339 g/mol. The van der Waals surface area contributed by atoms with E-state index in [0.29, 0.717) is 4.34 Å². The van der Waals surface area contributed by atoms with E-state index in [-0.39, 0.29) is 12.5 Å². The normalized spacial score (nSPS) is 10.7. The lowest BCUT2D eigenvalue weighted by molar-refractivity contribution is 0.268. The van der Waals surface area contributed by atoms with Gasteiger partial charge in [0.25, 0.3) is 0 Å². The van der Waals surface area contributed by atoms with Crippen molar-refractivity contribution in [1.29, 1.82) is 0 Å². The first-order valence-corrected chi connectivity index (χ1v) is 7.56. The van der Waals surface area contributed by atoms with Crippen LogP contribution in [0.25, 0.3) is 0 Å². The van der Waals surface area contributed by atoms with E-state index in [1.165, 1.54) is 18.3 Å². The van der Waals surface area contributed by atoms with Gasteiger partial charge in [0, 0.05) is 11.6 Å². The molecule has 21 heavy (non-hydrogen) atoms. The van der Waals surface area contributed by atoms with Crippen molar-refractivity contribution in [3.63, 3.8) is 0 Å². The molecule has 0 N–H and O–H groups in total. The van der Waals surface area contributed by atoms with Crippen molar-refractivity contribution in [2.75, 3.05) is 12.5 Å². The van der Waals surface area contributed by atoms with Gasteiger partial charge < -0.3 is 9.47 Å². The topological polar surface area (TPSA) is 31.4 Å². The van der Waals surface area contributed by atoms with Gasteiger partial charge in [0.05, 0.1) is 6.61 Å². The highest BCUT2D eigenvalue weighted by molar-refractivity contribution is 8.00. The summed E-state index contributed by atoms with van der Waals surface area (Å²) in [6.07, 6.45) is 1.55. The molecule has 0 spiro atoms. The van der Waals surface area contributed by atoms with Crippen LogP contribution < -0.4 is 9.47 Å². The molecule has 9 heteroatoms. The van der Waals surface area contributed by atoms with Gasteiger partial charge in [-0.05, 0) is 6.92 Å². The smallest absolute Gasteiger partial charge is 0.207 e. The largest absolute Gasteiger partial charge is 0.488 e. The number of aromatic nitrogens is 1. The van der Waals surface area contributed by atoms with E-state index < -0.39 is 34.8 Å². The molecular formula is C12H9F4NO2S2. The fraction of sp³-hybridized carbons (Fsp3) is 0.250. The summed E-state index contributed by atoms with van der Waals surface area (Å²) in [6.45, 7) is 1.30. The van der Waals surface area contributed by atoms with E-state index in [1.807, 2.05) is 0 Å². The summed E-state index contributed by atoms with van der Waals surface area (Å²) in [5.74, 6) is -8.94. The molecule has 0 saturated heterocycles. The van der Waals surface area contributed by atoms with Crippen LogP contribution in [0.15, 0.2) is 15.9 Å². The molecule has 0 fully saturated rings. The van der Waals surface area contributed by atoms with Crippen molar-refractivity contribution in [1.82, 2.24) is 4.98 Å². The first-order valence-electron chi connectivity index (χ1n) is 5.70. The number of nitrogens with zero attached hydrogens (tertiary/aromatic N) is 1. The zero-order valence-corrected chi connectivity index (χ0v) is 12.3. The molecule has 1 aromatic carbocycles. The minimum absolute atomic E-state index is 0.132. The molecule has 0 bridgehead atoms. The van der Waals surface area contributed by atoms with Crippen LogP contribution in [0, 0.1) is 23.3 Å². The Kier molecular flexibility index (Phi) is 5.29. The molecule has 0 unspecified atom stereocenters. The molecule has 0 saturated carbocycles. The van der Waals surface area contributed by atoms with Gasteiger partial charge >= 0.3 is 0 Å².